The van der Waals surface area contributed by atoms with Gasteiger partial charge in [0.05, 0.1) is 17.8 Å². The summed E-state index contributed by atoms with van der Waals surface area (Å²) in [6.45, 7) is 0. The third kappa shape index (κ3) is 3.46. The fourth-order valence-electron chi connectivity index (χ4n) is 2.89. The molecule has 0 atom stereocenters. The molecule has 1 aliphatic carbocycles. The number of carbonyl (C=O) groups is 1. The highest BCUT2D eigenvalue weighted by molar-refractivity contribution is 7.13. The van der Waals surface area contributed by atoms with E-state index >= 15 is 0 Å². The second-order valence-electron chi connectivity index (χ2n) is 6.59. The molecule has 7 heteroatoms. The number of fused-ring (bicyclic) bond motifs is 1. The molecular formula is C20H16N4O2S. The van der Waals surface area contributed by atoms with Gasteiger partial charge in [0.25, 0.3) is 0 Å². The number of nitrogens with zero attached hydrogens (tertiary/aromatic N) is 3. The SMILES string of the molecule is O=C(Cc1csc(-c2ccccn2)n1)Nc1ccc2oc(C3CC3)nc2c1. The van der Waals surface area contributed by atoms with Crippen LogP contribution in [-0.2, 0) is 11.2 Å². The van der Waals surface area contributed by atoms with Crippen LogP contribution in [0.25, 0.3) is 21.8 Å². The highest BCUT2D eigenvalue weighted by Crippen LogP contribution is 2.40. The van der Waals surface area contributed by atoms with E-state index < -0.39 is 0 Å². The average Bonchev–Trinajstić information content (AvgIpc) is 3.28. The smallest absolute Gasteiger partial charge is 0.230 e. The van der Waals surface area contributed by atoms with Gasteiger partial charge in [0.2, 0.25) is 5.91 Å². The first kappa shape index (κ1) is 16.1. The van der Waals surface area contributed by atoms with Crippen LogP contribution in [0.4, 0.5) is 5.69 Å². The average molecular weight is 376 g/mol. The summed E-state index contributed by atoms with van der Waals surface area (Å²) in [5, 5.41) is 5.62. The molecule has 6 nitrogen and oxygen atoms in total. The van der Waals surface area contributed by atoms with Crippen LogP contribution in [-0.4, -0.2) is 20.9 Å². The largest absolute Gasteiger partial charge is 0.440 e. The highest BCUT2D eigenvalue weighted by Gasteiger charge is 2.28. The Morgan fingerprint density at radius 3 is 2.96 bits per heavy atom. The van der Waals surface area contributed by atoms with Gasteiger partial charge in [0.1, 0.15) is 10.5 Å². The molecule has 0 unspecified atom stereocenters. The van der Waals surface area contributed by atoms with Crippen LogP contribution in [0.15, 0.2) is 52.4 Å². The molecule has 1 fully saturated rings. The van der Waals surface area contributed by atoms with E-state index in [1.54, 1.807) is 6.20 Å². The van der Waals surface area contributed by atoms with Gasteiger partial charge in [0.15, 0.2) is 11.5 Å². The van der Waals surface area contributed by atoms with Crippen molar-refractivity contribution in [3.63, 3.8) is 0 Å². The van der Waals surface area contributed by atoms with Gasteiger partial charge in [-0.1, -0.05) is 6.07 Å². The molecule has 1 aromatic carbocycles. The number of carbonyl (C=O) groups excluding carboxylic acids is 1. The summed E-state index contributed by atoms with van der Waals surface area (Å²) >= 11 is 1.49. The summed E-state index contributed by atoms with van der Waals surface area (Å²) in [6.07, 6.45) is 4.24. The lowest BCUT2D eigenvalue weighted by Gasteiger charge is -2.03. The van der Waals surface area contributed by atoms with Gasteiger partial charge in [-0.25, -0.2) is 9.97 Å². The van der Waals surface area contributed by atoms with Crippen LogP contribution < -0.4 is 5.32 Å². The van der Waals surface area contributed by atoms with Crippen LogP contribution in [0.3, 0.4) is 0 Å². The van der Waals surface area contributed by atoms with E-state index in [0.29, 0.717) is 11.6 Å². The second kappa shape index (κ2) is 6.59. The molecule has 0 radical (unpaired) electrons. The van der Waals surface area contributed by atoms with Crippen molar-refractivity contribution in [1.82, 2.24) is 15.0 Å². The zero-order valence-corrected chi connectivity index (χ0v) is 15.2. The number of hydrogen-bond acceptors (Lipinski definition) is 6. The molecule has 4 aromatic rings. The van der Waals surface area contributed by atoms with Gasteiger partial charge in [0, 0.05) is 23.2 Å². The Hall–Kier alpha value is -3.06. The number of aromatic nitrogens is 3. The predicted molar refractivity (Wildman–Crippen MR) is 104 cm³/mol. The third-order valence-corrected chi connectivity index (χ3v) is 5.31. The van der Waals surface area contributed by atoms with Crippen molar-refractivity contribution < 1.29 is 9.21 Å². The Kier molecular flexibility index (Phi) is 3.94. The van der Waals surface area contributed by atoms with Gasteiger partial charge >= 0.3 is 0 Å². The second-order valence-corrected chi connectivity index (χ2v) is 7.45. The first-order chi connectivity index (χ1) is 13.2. The van der Waals surface area contributed by atoms with Crippen molar-refractivity contribution in [3.05, 3.63) is 59.6 Å². The van der Waals surface area contributed by atoms with Crippen molar-refractivity contribution >= 4 is 34.0 Å². The molecule has 3 heterocycles. The quantitative estimate of drug-likeness (QED) is 0.558. The zero-order valence-electron chi connectivity index (χ0n) is 14.4. The number of anilines is 1. The maximum absolute atomic E-state index is 12.4. The third-order valence-electron chi connectivity index (χ3n) is 4.39. The molecule has 1 aliphatic rings. The number of amides is 1. The van der Waals surface area contributed by atoms with Gasteiger partial charge in [-0.05, 0) is 43.2 Å². The number of nitrogens with one attached hydrogen (secondary N) is 1. The number of thiazole rings is 1. The normalized spacial score (nSPS) is 13.8. The summed E-state index contributed by atoms with van der Waals surface area (Å²) in [6, 6.07) is 11.2. The van der Waals surface area contributed by atoms with E-state index in [0.717, 1.165) is 46.2 Å². The molecule has 3 aromatic heterocycles. The van der Waals surface area contributed by atoms with Gasteiger partial charge in [-0.3, -0.25) is 9.78 Å². The minimum atomic E-state index is -0.113. The molecule has 134 valence electrons. The van der Waals surface area contributed by atoms with E-state index in [1.165, 1.54) is 11.3 Å². The maximum atomic E-state index is 12.4. The Labute approximate surface area is 159 Å². The highest BCUT2D eigenvalue weighted by atomic mass is 32.1. The number of pyridine rings is 1. The Morgan fingerprint density at radius 2 is 2.15 bits per heavy atom. The summed E-state index contributed by atoms with van der Waals surface area (Å²) < 4.78 is 5.75. The first-order valence-corrected chi connectivity index (χ1v) is 9.69. The lowest BCUT2D eigenvalue weighted by Crippen LogP contribution is -2.14. The van der Waals surface area contributed by atoms with Crippen molar-refractivity contribution in [3.8, 4) is 10.7 Å². The molecule has 27 heavy (non-hydrogen) atoms. The van der Waals surface area contributed by atoms with Gasteiger partial charge in [-0.15, -0.1) is 11.3 Å². The monoisotopic (exact) mass is 376 g/mol. The fraction of sp³-hybridized carbons (Fsp3) is 0.200. The van der Waals surface area contributed by atoms with E-state index in [-0.39, 0.29) is 12.3 Å². The number of benzene rings is 1. The van der Waals surface area contributed by atoms with Crippen LogP contribution in [0, 0.1) is 0 Å². The molecule has 0 spiro atoms. The summed E-state index contributed by atoms with van der Waals surface area (Å²) in [5.74, 6) is 1.16. The minimum Gasteiger partial charge on any atom is -0.440 e. The van der Waals surface area contributed by atoms with E-state index in [1.807, 2.05) is 41.8 Å². The van der Waals surface area contributed by atoms with Crippen molar-refractivity contribution in [2.45, 2.75) is 25.2 Å². The summed E-state index contributed by atoms with van der Waals surface area (Å²) in [5.41, 5.74) is 3.80. The van der Waals surface area contributed by atoms with E-state index in [4.69, 9.17) is 4.42 Å². The molecule has 1 saturated carbocycles. The zero-order chi connectivity index (χ0) is 18.2. The number of rotatable bonds is 5. The topological polar surface area (TPSA) is 80.9 Å². The molecule has 1 amide bonds. The number of hydrogen-bond donors (Lipinski definition) is 1. The molecule has 0 aliphatic heterocycles. The van der Waals surface area contributed by atoms with Crippen LogP contribution in [0.1, 0.15) is 30.3 Å². The van der Waals surface area contributed by atoms with Crippen molar-refractivity contribution in [1.29, 1.82) is 0 Å². The molecular weight excluding hydrogens is 360 g/mol. The van der Waals surface area contributed by atoms with Crippen LogP contribution in [0.2, 0.25) is 0 Å². The number of oxazole rings is 1. The van der Waals surface area contributed by atoms with E-state index in [2.05, 4.69) is 20.3 Å². The Bertz CT molecular complexity index is 1120. The summed E-state index contributed by atoms with van der Waals surface area (Å²) in [7, 11) is 0. The molecule has 0 saturated heterocycles. The van der Waals surface area contributed by atoms with Crippen molar-refractivity contribution in [2.75, 3.05) is 5.32 Å². The molecule has 0 bridgehead atoms. The Morgan fingerprint density at radius 1 is 1.22 bits per heavy atom. The van der Waals surface area contributed by atoms with Crippen LogP contribution in [0.5, 0.6) is 0 Å². The predicted octanol–water partition coefficient (Wildman–Crippen LogP) is 4.40. The maximum Gasteiger partial charge on any atom is 0.230 e. The molecule has 5 rings (SSSR count). The minimum absolute atomic E-state index is 0.113. The van der Waals surface area contributed by atoms with Crippen molar-refractivity contribution in [2.24, 2.45) is 0 Å². The van der Waals surface area contributed by atoms with Crippen LogP contribution >= 0.6 is 11.3 Å². The first-order valence-electron chi connectivity index (χ1n) is 8.81. The molecule has 1 N–H and O–H groups in total. The fourth-order valence-corrected chi connectivity index (χ4v) is 3.69. The standard InChI is InChI=1S/C20H16N4O2S/c25-18(10-14-11-27-20(23-14)15-3-1-2-8-21-15)22-13-6-7-17-16(9-13)24-19(26-17)12-4-5-12/h1-3,6-9,11-12H,4-5,10H2,(H,22,25). The lowest BCUT2D eigenvalue weighted by molar-refractivity contribution is -0.115. The van der Waals surface area contributed by atoms with Gasteiger partial charge < -0.3 is 9.73 Å². The lowest BCUT2D eigenvalue weighted by atomic mass is 10.2. The van der Waals surface area contributed by atoms with E-state index in [9.17, 15) is 4.79 Å². The van der Waals surface area contributed by atoms with Gasteiger partial charge in [-0.2, -0.15) is 0 Å². The summed E-state index contributed by atoms with van der Waals surface area (Å²) in [4.78, 5) is 25.7. The Balaban J connectivity index is 1.28.